The molecule has 2 aromatic carbocycles. The second-order valence-electron chi connectivity index (χ2n) is 8.94. The lowest BCUT2D eigenvalue weighted by atomic mass is 10.0. The van der Waals surface area contributed by atoms with Crippen molar-refractivity contribution in [3.8, 4) is 23.0 Å². The Labute approximate surface area is 218 Å². The maximum Gasteiger partial charge on any atom is 0.410 e. The standard InChI is InChI=1S/C28H36N2O7/c1-4-12-35-24-8-6-22(18-27(24)33-3)19-30-23(20-37-28(30)31)16-21-5-7-25(26(17-21)32-2)36-15-11-29-9-13-34-14-10-29/h4-8,17-18,23H,1,9-16,19-20H2,2-3H3. The van der Waals surface area contributed by atoms with Crippen LogP contribution in [-0.4, -0.2) is 88.8 Å². The van der Waals surface area contributed by atoms with Gasteiger partial charge in [0.1, 0.15) is 19.8 Å². The quantitative estimate of drug-likeness (QED) is 0.377. The number of nitrogens with zero attached hydrogens (tertiary/aromatic N) is 2. The van der Waals surface area contributed by atoms with Gasteiger partial charge in [-0.25, -0.2) is 4.79 Å². The van der Waals surface area contributed by atoms with Gasteiger partial charge in [0.25, 0.3) is 0 Å². The number of methoxy groups -OCH3 is 2. The first-order valence-electron chi connectivity index (χ1n) is 12.5. The number of cyclic esters (lactones) is 1. The molecule has 9 nitrogen and oxygen atoms in total. The summed E-state index contributed by atoms with van der Waals surface area (Å²) in [4.78, 5) is 16.6. The highest BCUT2D eigenvalue weighted by Crippen LogP contribution is 2.32. The van der Waals surface area contributed by atoms with E-state index in [2.05, 4.69) is 11.5 Å². The van der Waals surface area contributed by atoms with E-state index in [-0.39, 0.29) is 12.1 Å². The summed E-state index contributed by atoms with van der Waals surface area (Å²) in [5.74, 6) is 2.63. The van der Waals surface area contributed by atoms with Crippen LogP contribution in [-0.2, 0) is 22.4 Å². The van der Waals surface area contributed by atoms with Crippen LogP contribution in [0.15, 0.2) is 49.1 Å². The molecule has 200 valence electrons. The van der Waals surface area contributed by atoms with E-state index in [0.29, 0.717) is 55.8 Å². The Morgan fingerprint density at radius 1 is 0.973 bits per heavy atom. The van der Waals surface area contributed by atoms with Crippen LogP contribution in [0.1, 0.15) is 11.1 Å². The van der Waals surface area contributed by atoms with E-state index in [0.717, 1.165) is 44.0 Å². The molecule has 2 aliphatic heterocycles. The molecule has 4 rings (SSSR count). The predicted octanol–water partition coefficient (Wildman–Crippen LogP) is 3.54. The first-order chi connectivity index (χ1) is 18.1. The van der Waals surface area contributed by atoms with Crippen molar-refractivity contribution < 1.29 is 33.2 Å². The Balaban J connectivity index is 1.38. The molecule has 1 unspecified atom stereocenters. The van der Waals surface area contributed by atoms with Crippen molar-refractivity contribution in [1.29, 1.82) is 0 Å². The van der Waals surface area contributed by atoms with Gasteiger partial charge in [0.15, 0.2) is 23.0 Å². The van der Waals surface area contributed by atoms with Crippen molar-refractivity contribution in [2.75, 3.05) is 66.9 Å². The van der Waals surface area contributed by atoms with E-state index in [1.54, 1.807) is 25.2 Å². The predicted molar refractivity (Wildman–Crippen MR) is 139 cm³/mol. The molecule has 0 aromatic heterocycles. The summed E-state index contributed by atoms with van der Waals surface area (Å²) in [5, 5.41) is 0. The summed E-state index contributed by atoms with van der Waals surface area (Å²) in [6.45, 7) is 9.61. The molecular weight excluding hydrogens is 476 g/mol. The van der Waals surface area contributed by atoms with Crippen LogP contribution in [0, 0.1) is 0 Å². The number of morpholine rings is 1. The maximum absolute atomic E-state index is 12.5. The van der Waals surface area contributed by atoms with Gasteiger partial charge in [-0.2, -0.15) is 0 Å². The number of ether oxygens (including phenoxy) is 6. The van der Waals surface area contributed by atoms with Crippen LogP contribution in [0.25, 0.3) is 0 Å². The van der Waals surface area contributed by atoms with Crippen LogP contribution in [0.5, 0.6) is 23.0 Å². The van der Waals surface area contributed by atoms with Gasteiger partial charge in [0, 0.05) is 26.2 Å². The molecular formula is C28H36N2O7. The van der Waals surface area contributed by atoms with Gasteiger partial charge in [-0.1, -0.05) is 24.8 Å². The van der Waals surface area contributed by atoms with Gasteiger partial charge in [-0.15, -0.1) is 0 Å². The topological polar surface area (TPSA) is 78.9 Å². The summed E-state index contributed by atoms with van der Waals surface area (Å²) in [7, 11) is 3.23. The molecule has 1 amide bonds. The van der Waals surface area contributed by atoms with Crippen molar-refractivity contribution >= 4 is 6.09 Å². The molecule has 2 aliphatic rings. The molecule has 0 radical (unpaired) electrons. The monoisotopic (exact) mass is 512 g/mol. The summed E-state index contributed by atoms with van der Waals surface area (Å²) in [5.41, 5.74) is 1.96. The maximum atomic E-state index is 12.5. The minimum Gasteiger partial charge on any atom is -0.493 e. The number of benzene rings is 2. The first-order valence-corrected chi connectivity index (χ1v) is 12.5. The third-order valence-electron chi connectivity index (χ3n) is 6.48. The van der Waals surface area contributed by atoms with Crippen molar-refractivity contribution in [2.24, 2.45) is 0 Å². The normalized spacial score (nSPS) is 17.8. The molecule has 0 spiro atoms. The third-order valence-corrected chi connectivity index (χ3v) is 6.48. The molecule has 2 aromatic rings. The van der Waals surface area contributed by atoms with Gasteiger partial charge in [0.2, 0.25) is 0 Å². The molecule has 0 aliphatic carbocycles. The van der Waals surface area contributed by atoms with E-state index < -0.39 is 0 Å². The van der Waals surface area contributed by atoms with Gasteiger partial charge in [-0.3, -0.25) is 9.80 Å². The van der Waals surface area contributed by atoms with E-state index in [1.165, 1.54) is 0 Å². The number of amides is 1. The average Bonchev–Trinajstić information content (AvgIpc) is 3.27. The molecule has 2 saturated heterocycles. The van der Waals surface area contributed by atoms with Gasteiger partial charge in [-0.05, 0) is 41.8 Å². The Bertz CT molecular complexity index is 1050. The molecule has 2 heterocycles. The Hall–Kier alpha value is -3.43. The van der Waals surface area contributed by atoms with E-state index in [9.17, 15) is 4.79 Å². The Kier molecular flexibility index (Phi) is 9.51. The van der Waals surface area contributed by atoms with Crippen molar-refractivity contribution in [2.45, 2.75) is 19.0 Å². The zero-order chi connectivity index (χ0) is 26.0. The highest BCUT2D eigenvalue weighted by molar-refractivity contribution is 5.70. The second kappa shape index (κ2) is 13.2. The van der Waals surface area contributed by atoms with Crippen molar-refractivity contribution in [3.63, 3.8) is 0 Å². The molecule has 37 heavy (non-hydrogen) atoms. The number of rotatable bonds is 13. The van der Waals surface area contributed by atoms with Gasteiger partial charge < -0.3 is 28.4 Å². The molecule has 1 atom stereocenters. The van der Waals surface area contributed by atoms with Crippen LogP contribution in [0.2, 0.25) is 0 Å². The van der Waals surface area contributed by atoms with E-state index in [4.69, 9.17) is 28.4 Å². The van der Waals surface area contributed by atoms with Gasteiger partial charge >= 0.3 is 6.09 Å². The lowest BCUT2D eigenvalue weighted by Crippen LogP contribution is -2.38. The minimum absolute atomic E-state index is 0.104. The number of hydrogen-bond acceptors (Lipinski definition) is 8. The third kappa shape index (κ3) is 7.08. The van der Waals surface area contributed by atoms with Crippen molar-refractivity contribution in [1.82, 2.24) is 9.80 Å². The molecule has 0 saturated carbocycles. The summed E-state index contributed by atoms with van der Waals surface area (Å²) < 4.78 is 33.5. The number of hydrogen-bond donors (Lipinski definition) is 0. The highest BCUT2D eigenvalue weighted by Gasteiger charge is 2.33. The van der Waals surface area contributed by atoms with E-state index >= 15 is 0 Å². The molecule has 2 fully saturated rings. The molecule has 9 heteroatoms. The Morgan fingerprint density at radius 2 is 1.65 bits per heavy atom. The zero-order valence-corrected chi connectivity index (χ0v) is 21.6. The fourth-order valence-electron chi connectivity index (χ4n) is 4.47. The highest BCUT2D eigenvalue weighted by atomic mass is 16.6. The average molecular weight is 513 g/mol. The van der Waals surface area contributed by atoms with Crippen molar-refractivity contribution in [3.05, 3.63) is 60.2 Å². The Morgan fingerprint density at radius 3 is 2.35 bits per heavy atom. The fraction of sp³-hybridized carbons (Fsp3) is 0.464. The zero-order valence-electron chi connectivity index (χ0n) is 21.6. The summed E-state index contributed by atoms with van der Waals surface area (Å²) >= 11 is 0. The van der Waals surface area contributed by atoms with Crippen LogP contribution >= 0.6 is 0 Å². The molecule has 0 bridgehead atoms. The lowest BCUT2D eigenvalue weighted by molar-refractivity contribution is 0.0321. The summed E-state index contributed by atoms with van der Waals surface area (Å²) in [6.07, 6.45) is 1.98. The summed E-state index contributed by atoms with van der Waals surface area (Å²) in [6, 6.07) is 11.5. The number of carbonyl (C=O) groups excluding carboxylic acids is 1. The van der Waals surface area contributed by atoms with E-state index in [1.807, 2.05) is 36.4 Å². The number of carbonyl (C=O) groups is 1. The SMILES string of the molecule is C=CCOc1ccc(CN2C(=O)OCC2Cc2ccc(OCCN3CCOCC3)c(OC)c2)cc1OC. The fourth-order valence-corrected chi connectivity index (χ4v) is 4.47. The lowest BCUT2D eigenvalue weighted by Gasteiger charge is -2.26. The first kappa shape index (κ1) is 26.6. The van der Waals surface area contributed by atoms with Crippen LogP contribution in [0.3, 0.4) is 0 Å². The van der Waals surface area contributed by atoms with Crippen LogP contribution in [0.4, 0.5) is 4.79 Å². The smallest absolute Gasteiger partial charge is 0.410 e. The van der Waals surface area contributed by atoms with Gasteiger partial charge in [0.05, 0.1) is 33.5 Å². The largest absolute Gasteiger partial charge is 0.493 e. The minimum atomic E-state index is -0.328. The second-order valence-corrected chi connectivity index (χ2v) is 8.94. The molecule has 0 N–H and O–H groups in total. The van der Waals surface area contributed by atoms with Crippen LogP contribution < -0.4 is 18.9 Å².